The van der Waals surface area contributed by atoms with Gasteiger partial charge in [-0.2, -0.15) is 0 Å². The maximum absolute atomic E-state index is 13.3. The molecule has 0 saturated carbocycles. The summed E-state index contributed by atoms with van der Waals surface area (Å²) in [5.74, 6) is -0.105. The molecule has 1 heterocycles. The van der Waals surface area contributed by atoms with Gasteiger partial charge >= 0.3 is 0 Å². The molecule has 1 aliphatic rings. The lowest BCUT2D eigenvalue weighted by Crippen LogP contribution is -2.35. The first kappa shape index (κ1) is 24.0. The van der Waals surface area contributed by atoms with Crippen molar-refractivity contribution in [2.45, 2.75) is 24.2 Å². The van der Waals surface area contributed by atoms with Crippen LogP contribution in [0.4, 0.5) is 10.1 Å². The molecule has 0 spiro atoms. The molecule has 1 aliphatic heterocycles. The highest BCUT2D eigenvalue weighted by molar-refractivity contribution is 7.89. The predicted molar refractivity (Wildman–Crippen MR) is 122 cm³/mol. The van der Waals surface area contributed by atoms with Crippen LogP contribution in [0.15, 0.2) is 47.4 Å². The minimum atomic E-state index is -3.67. The second-order valence-electron chi connectivity index (χ2n) is 8.04. The van der Waals surface area contributed by atoms with Crippen LogP contribution < -0.4 is 9.64 Å². The molecule has 1 fully saturated rings. The van der Waals surface area contributed by atoms with E-state index >= 15 is 0 Å². The van der Waals surface area contributed by atoms with Gasteiger partial charge in [0.1, 0.15) is 18.2 Å². The Morgan fingerprint density at radius 3 is 2.31 bits per heavy atom. The molecule has 3 rings (SSSR count). The summed E-state index contributed by atoms with van der Waals surface area (Å²) in [4.78, 5) is 17.1. The van der Waals surface area contributed by atoms with Crippen LogP contribution in [0.1, 0.15) is 29.6 Å². The molecule has 2 aromatic rings. The molecule has 0 aromatic heterocycles. The molecule has 0 radical (unpaired) electrons. The van der Waals surface area contributed by atoms with E-state index in [4.69, 9.17) is 4.74 Å². The van der Waals surface area contributed by atoms with Gasteiger partial charge in [-0.15, -0.1) is 0 Å². The summed E-state index contributed by atoms with van der Waals surface area (Å²) in [6, 6.07) is 10.4. The Balaban J connectivity index is 1.81. The lowest BCUT2D eigenvalue weighted by Gasteiger charge is -2.31. The van der Waals surface area contributed by atoms with Gasteiger partial charge in [0.2, 0.25) is 10.0 Å². The van der Waals surface area contributed by atoms with Crippen molar-refractivity contribution in [3.63, 3.8) is 0 Å². The van der Waals surface area contributed by atoms with Crippen molar-refractivity contribution in [1.29, 1.82) is 0 Å². The van der Waals surface area contributed by atoms with Crippen LogP contribution in [-0.2, 0) is 10.0 Å². The third-order valence-corrected chi connectivity index (χ3v) is 7.34. The summed E-state index contributed by atoms with van der Waals surface area (Å²) < 4.78 is 45.1. The van der Waals surface area contributed by atoms with E-state index in [1.165, 1.54) is 49.3 Å². The van der Waals surface area contributed by atoms with Gasteiger partial charge in [0, 0.05) is 39.9 Å². The van der Waals surface area contributed by atoms with Crippen molar-refractivity contribution >= 4 is 21.6 Å². The first-order valence-corrected chi connectivity index (χ1v) is 12.1. The van der Waals surface area contributed by atoms with Gasteiger partial charge in [-0.05, 0) is 61.7 Å². The Morgan fingerprint density at radius 1 is 1.03 bits per heavy atom. The Bertz CT molecular complexity index is 1040. The maximum Gasteiger partial charge on any atom is 0.255 e. The van der Waals surface area contributed by atoms with Crippen molar-refractivity contribution in [2.24, 2.45) is 0 Å². The van der Waals surface area contributed by atoms with E-state index in [1.807, 2.05) is 0 Å². The number of likely N-dealkylation sites (N-methyl/N-ethyl adjacent to an activating group) is 1. The second kappa shape index (κ2) is 10.3. The molecule has 0 aliphatic carbocycles. The van der Waals surface area contributed by atoms with Gasteiger partial charge < -0.3 is 14.5 Å². The number of carbonyl (C=O) groups excluding carboxylic acids is 1. The zero-order chi connectivity index (χ0) is 23.3. The van der Waals surface area contributed by atoms with Crippen LogP contribution in [0, 0.1) is 5.82 Å². The fourth-order valence-corrected chi connectivity index (χ4v) is 4.54. The van der Waals surface area contributed by atoms with E-state index < -0.39 is 10.0 Å². The van der Waals surface area contributed by atoms with Crippen molar-refractivity contribution in [3.8, 4) is 5.75 Å². The van der Waals surface area contributed by atoms with E-state index in [2.05, 4.69) is 4.90 Å². The van der Waals surface area contributed by atoms with Crippen LogP contribution in [0.3, 0.4) is 0 Å². The van der Waals surface area contributed by atoms with E-state index in [-0.39, 0.29) is 23.2 Å². The fourth-order valence-electron chi connectivity index (χ4n) is 3.61. The molecule has 1 saturated heterocycles. The largest absolute Gasteiger partial charge is 0.492 e. The summed E-state index contributed by atoms with van der Waals surface area (Å²) in [5, 5.41) is 0. The molecule has 9 heteroatoms. The van der Waals surface area contributed by atoms with E-state index in [0.717, 1.165) is 42.3 Å². The lowest BCUT2D eigenvalue weighted by molar-refractivity contribution is 0.0774. The number of hydrogen-bond donors (Lipinski definition) is 0. The van der Waals surface area contributed by atoms with Gasteiger partial charge in [-0.3, -0.25) is 4.79 Å². The van der Waals surface area contributed by atoms with Crippen LogP contribution in [0.2, 0.25) is 0 Å². The van der Waals surface area contributed by atoms with Crippen molar-refractivity contribution < 1.29 is 22.3 Å². The minimum Gasteiger partial charge on any atom is -0.492 e. The Labute approximate surface area is 189 Å². The Kier molecular flexibility index (Phi) is 7.73. The zero-order valence-electron chi connectivity index (χ0n) is 18.8. The number of nitrogens with zero attached hydrogens (tertiary/aromatic N) is 3. The van der Waals surface area contributed by atoms with E-state index in [0.29, 0.717) is 17.9 Å². The molecule has 0 N–H and O–H groups in total. The molecule has 0 atom stereocenters. The van der Waals surface area contributed by atoms with Gasteiger partial charge in [-0.25, -0.2) is 17.1 Å². The number of ether oxygens (including phenoxy) is 1. The normalized spacial score (nSPS) is 14.5. The topological polar surface area (TPSA) is 70.2 Å². The summed E-state index contributed by atoms with van der Waals surface area (Å²) >= 11 is 0. The van der Waals surface area contributed by atoms with E-state index in [9.17, 15) is 17.6 Å². The van der Waals surface area contributed by atoms with Crippen LogP contribution in [0.25, 0.3) is 0 Å². The summed E-state index contributed by atoms with van der Waals surface area (Å²) in [7, 11) is 0.915. The summed E-state index contributed by atoms with van der Waals surface area (Å²) in [5.41, 5.74) is 1.11. The monoisotopic (exact) mass is 463 g/mol. The van der Waals surface area contributed by atoms with E-state index in [1.54, 1.807) is 19.2 Å². The summed E-state index contributed by atoms with van der Waals surface area (Å²) in [6.45, 7) is 2.18. The highest BCUT2D eigenvalue weighted by Crippen LogP contribution is 2.28. The maximum atomic E-state index is 13.3. The molecule has 174 valence electrons. The Morgan fingerprint density at radius 2 is 1.69 bits per heavy atom. The number of amides is 1. The molecule has 0 unspecified atom stereocenters. The number of sulfonamides is 1. The molecule has 7 nitrogen and oxygen atoms in total. The quantitative estimate of drug-likeness (QED) is 0.601. The standard InChI is InChI=1S/C23H30FN3O4S/c1-25(2)32(29,30)20-11-12-22(27-13-5-4-6-14-27)21(17-20)23(28)26(3)15-16-31-19-9-7-18(24)8-10-19/h7-12,17H,4-6,13-16H2,1-3H3. The average Bonchev–Trinajstić information content (AvgIpc) is 2.79. The van der Waals surface area contributed by atoms with Crippen molar-refractivity contribution in [1.82, 2.24) is 9.21 Å². The number of halogens is 1. The van der Waals surface area contributed by atoms with Crippen molar-refractivity contribution in [3.05, 3.63) is 53.8 Å². The Hall–Kier alpha value is -2.65. The SMILES string of the molecule is CN(CCOc1ccc(F)cc1)C(=O)c1cc(S(=O)(=O)N(C)C)ccc1N1CCCCC1. The second-order valence-corrected chi connectivity index (χ2v) is 10.2. The number of anilines is 1. The summed E-state index contributed by atoms with van der Waals surface area (Å²) in [6.07, 6.45) is 3.22. The van der Waals surface area contributed by atoms with Crippen LogP contribution in [0.5, 0.6) is 5.75 Å². The van der Waals surface area contributed by atoms with Gasteiger partial charge in [0.25, 0.3) is 5.91 Å². The van der Waals surface area contributed by atoms with Gasteiger partial charge in [0.05, 0.1) is 17.0 Å². The number of piperidine rings is 1. The average molecular weight is 464 g/mol. The molecular formula is C23H30FN3O4S. The molecule has 0 bridgehead atoms. The lowest BCUT2D eigenvalue weighted by atomic mass is 10.1. The molecule has 2 aromatic carbocycles. The van der Waals surface area contributed by atoms with Gasteiger partial charge in [0.15, 0.2) is 0 Å². The smallest absolute Gasteiger partial charge is 0.255 e. The molecule has 1 amide bonds. The first-order valence-electron chi connectivity index (χ1n) is 10.7. The molecular weight excluding hydrogens is 433 g/mol. The number of rotatable bonds is 8. The fraction of sp³-hybridized carbons (Fsp3) is 0.435. The number of hydrogen-bond acceptors (Lipinski definition) is 5. The minimum absolute atomic E-state index is 0.0857. The predicted octanol–water partition coefficient (Wildman–Crippen LogP) is 3.22. The highest BCUT2D eigenvalue weighted by atomic mass is 32.2. The number of carbonyl (C=O) groups is 1. The first-order chi connectivity index (χ1) is 15.2. The number of benzene rings is 2. The zero-order valence-corrected chi connectivity index (χ0v) is 19.6. The van der Waals surface area contributed by atoms with Gasteiger partial charge in [-0.1, -0.05) is 0 Å². The third-order valence-electron chi connectivity index (χ3n) is 5.53. The van der Waals surface area contributed by atoms with Crippen LogP contribution >= 0.6 is 0 Å². The molecule has 32 heavy (non-hydrogen) atoms. The van der Waals surface area contributed by atoms with Crippen LogP contribution in [-0.4, -0.2) is 70.9 Å². The van der Waals surface area contributed by atoms with Crippen molar-refractivity contribution in [2.75, 3.05) is 52.3 Å². The highest BCUT2D eigenvalue weighted by Gasteiger charge is 2.25. The third kappa shape index (κ3) is 5.58.